The zero-order valence-corrected chi connectivity index (χ0v) is 17.7. The molecule has 1 heterocycles. The van der Waals surface area contributed by atoms with Gasteiger partial charge in [0.1, 0.15) is 16.3 Å². The highest BCUT2D eigenvalue weighted by Crippen LogP contribution is 2.37. The number of carbonyl (C=O) groups excluding carboxylic acids is 2. The third-order valence-corrected chi connectivity index (χ3v) is 6.41. The fourth-order valence-electron chi connectivity index (χ4n) is 2.58. The van der Waals surface area contributed by atoms with Gasteiger partial charge < -0.3 is 10.1 Å². The zero-order chi connectivity index (χ0) is 20.9. The monoisotopic (exact) mass is 421 g/mol. The van der Waals surface area contributed by atoms with Gasteiger partial charge in [0.05, 0.1) is 12.4 Å². The van der Waals surface area contributed by atoms with Crippen molar-refractivity contribution in [3.05, 3.63) is 52.9 Å². The van der Waals surface area contributed by atoms with E-state index in [0.717, 1.165) is 28.0 Å². The Morgan fingerprint density at radius 3 is 2.57 bits per heavy atom. The summed E-state index contributed by atoms with van der Waals surface area (Å²) in [6.07, 6.45) is 1.23. The van der Waals surface area contributed by atoms with Crippen molar-refractivity contribution in [1.82, 2.24) is 0 Å². The molecule has 0 spiro atoms. The Kier molecular flexibility index (Phi) is 7.15. The summed E-state index contributed by atoms with van der Waals surface area (Å²) in [5.74, 6) is -2.25. The van der Waals surface area contributed by atoms with Crippen LogP contribution in [0.25, 0.3) is 11.1 Å². The maximum Gasteiger partial charge on any atom is 0.341 e. The first kappa shape index (κ1) is 21.8. The van der Waals surface area contributed by atoms with E-state index in [-0.39, 0.29) is 22.9 Å². The number of ether oxygens (including phenoxy) is 1. The van der Waals surface area contributed by atoms with Crippen molar-refractivity contribution >= 4 is 38.1 Å². The minimum atomic E-state index is -3.59. The highest BCUT2D eigenvalue weighted by atomic mass is 32.2. The molecular weight excluding hydrogens is 398 g/mol. The van der Waals surface area contributed by atoms with Crippen LogP contribution in [0.2, 0.25) is 0 Å². The molecule has 150 valence electrons. The highest BCUT2D eigenvalue weighted by molar-refractivity contribution is 7.92. The van der Waals surface area contributed by atoms with Gasteiger partial charge in [0.2, 0.25) is 5.91 Å². The lowest BCUT2D eigenvalue weighted by atomic mass is 9.99. The molecule has 2 rings (SSSR count). The molecule has 0 radical (unpaired) electrons. The van der Waals surface area contributed by atoms with E-state index in [1.54, 1.807) is 12.3 Å². The highest BCUT2D eigenvalue weighted by Gasteiger charge is 2.24. The molecule has 1 aromatic carbocycles. The number of rotatable bonds is 8. The number of benzene rings is 1. The summed E-state index contributed by atoms with van der Waals surface area (Å²) >= 11 is 1.16. The topological polar surface area (TPSA) is 89.5 Å². The van der Waals surface area contributed by atoms with Crippen molar-refractivity contribution in [3.63, 3.8) is 0 Å². The van der Waals surface area contributed by atoms with Crippen molar-refractivity contribution in [1.29, 1.82) is 0 Å². The van der Waals surface area contributed by atoms with Gasteiger partial charge in [-0.15, -0.1) is 17.9 Å². The molecule has 0 atom stereocenters. The van der Waals surface area contributed by atoms with E-state index >= 15 is 0 Å². The van der Waals surface area contributed by atoms with Gasteiger partial charge in [-0.25, -0.2) is 13.2 Å². The summed E-state index contributed by atoms with van der Waals surface area (Å²) in [5.41, 5.74) is 3.87. The summed E-state index contributed by atoms with van der Waals surface area (Å²) in [6.45, 7) is 9.22. The normalized spacial score (nSPS) is 11.1. The number of anilines is 1. The second-order valence-corrected chi connectivity index (χ2v) is 9.25. The van der Waals surface area contributed by atoms with Gasteiger partial charge in [-0.05, 0) is 37.5 Å². The van der Waals surface area contributed by atoms with Gasteiger partial charge in [-0.3, -0.25) is 4.79 Å². The fourth-order valence-corrected chi connectivity index (χ4v) is 4.50. The lowest BCUT2D eigenvalue weighted by Crippen LogP contribution is -2.24. The van der Waals surface area contributed by atoms with Crippen LogP contribution in [0.4, 0.5) is 5.00 Å². The molecule has 0 fully saturated rings. The van der Waals surface area contributed by atoms with Crippen LogP contribution in [-0.4, -0.2) is 38.4 Å². The van der Waals surface area contributed by atoms with Gasteiger partial charge in [0.15, 0.2) is 9.84 Å². The SMILES string of the molecule is C=CCS(=O)(=O)CC(=O)Nc1scc(-c2ccc(C)c(C)c2)c1C(=O)OCC. The molecular formula is C20H23NO5S2. The van der Waals surface area contributed by atoms with Crippen LogP contribution in [0.15, 0.2) is 36.2 Å². The average molecular weight is 422 g/mol. The van der Waals surface area contributed by atoms with Gasteiger partial charge in [-0.1, -0.05) is 24.3 Å². The zero-order valence-electron chi connectivity index (χ0n) is 16.1. The smallest absolute Gasteiger partial charge is 0.341 e. The maximum atomic E-state index is 12.5. The Hall–Kier alpha value is -2.45. The van der Waals surface area contributed by atoms with E-state index in [1.165, 1.54) is 6.08 Å². The third kappa shape index (κ3) is 5.30. The first-order chi connectivity index (χ1) is 13.2. The summed E-state index contributed by atoms with van der Waals surface area (Å²) < 4.78 is 28.8. The largest absolute Gasteiger partial charge is 0.462 e. The van der Waals surface area contributed by atoms with Gasteiger partial charge in [0, 0.05) is 10.9 Å². The summed E-state index contributed by atoms with van der Waals surface area (Å²) in [5, 5.41) is 4.57. The lowest BCUT2D eigenvalue weighted by molar-refractivity contribution is -0.113. The van der Waals surface area contributed by atoms with Crippen molar-refractivity contribution < 1.29 is 22.7 Å². The molecule has 0 saturated heterocycles. The molecule has 0 aliphatic rings. The fraction of sp³-hybridized carbons (Fsp3) is 0.300. The number of esters is 1. The second kappa shape index (κ2) is 9.16. The number of sulfone groups is 1. The quantitative estimate of drug-likeness (QED) is 0.518. The van der Waals surface area contributed by atoms with Crippen LogP contribution in [0.5, 0.6) is 0 Å². The average Bonchev–Trinajstić information content (AvgIpc) is 3.00. The van der Waals surface area contributed by atoms with E-state index in [1.807, 2.05) is 32.0 Å². The molecule has 2 aromatic rings. The Morgan fingerprint density at radius 1 is 1.25 bits per heavy atom. The van der Waals surface area contributed by atoms with Crippen LogP contribution in [-0.2, 0) is 19.4 Å². The number of aryl methyl sites for hydroxylation is 2. The van der Waals surface area contributed by atoms with E-state index in [4.69, 9.17) is 4.74 Å². The molecule has 1 amide bonds. The summed E-state index contributed by atoms with van der Waals surface area (Å²) in [7, 11) is -3.59. The number of nitrogens with one attached hydrogen (secondary N) is 1. The van der Waals surface area contributed by atoms with Crippen LogP contribution < -0.4 is 5.32 Å². The molecule has 0 aliphatic heterocycles. The molecule has 1 aromatic heterocycles. The minimum absolute atomic E-state index is 0.183. The van der Waals surface area contributed by atoms with Crippen LogP contribution >= 0.6 is 11.3 Å². The van der Waals surface area contributed by atoms with E-state index in [9.17, 15) is 18.0 Å². The predicted octanol–water partition coefficient (Wildman–Crippen LogP) is 3.75. The Balaban J connectivity index is 2.41. The number of hydrogen-bond donors (Lipinski definition) is 1. The molecule has 0 aliphatic carbocycles. The molecule has 1 N–H and O–H groups in total. The molecule has 6 nitrogen and oxygen atoms in total. The first-order valence-electron chi connectivity index (χ1n) is 8.66. The van der Waals surface area contributed by atoms with Crippen molar-refractivity contribution in [2.75, 3.05) is 23.4 Å². The number of thiophene rings is 1. The Bertz CT molecular complexity index is 1010. The van der Waals surface area contributed by atoms with E-state index in [0.29, 0.717) is 5.56 Å². The van der Waals surface area contributed by atoms with Gasteiger partial charge in [-0.2, -0.15) is 0 Å². The van der Waals surface area contributed by atoms with Crippen LogP contribution in [0, 0.1) is 13.8 Å². The van der Waals surface area contributed by atoms with Crippen molar-refractivity contribution in [3.8, 4) is 11.1 Å². The minimum Gasteiger partial charge on any atom is -0.462 e. The molecule has 8 heteroatoms. The molecule has 28 heavy (non-hydrogen) atoms. The third-order valence-electron chi connectivity index (χ3n) is 4.06. The van der Waals surface area contributed by atoms with Gasteiger partial charge >= 0.3 is 5.97 Å². The maximum absolute atomic E-state index is 12.5. The predicted molar refractivity (Wildman–Crippen MR) is 113 cm³/mol. The Morgan fingerprint density at radius 2 is 1.96 bits per heavy atom. The molecule has 0 unspecified atom stereocenters. The number of amides is 1. The lowest BCUT2D eigenvalue weighted by Gasteiger charge is -2.10. The molecule has 0 saturated carbocycles. The van der Waals surface area contributed by atoms with Crippen LogP contribution in [0.3, 0.4) is 0 Å². The van der Waals surface area contributed by atoms with Crippen molar-refractivity contribution in [2.45, 2.75) is 20.8 Å². The van der Waals surface area contributed by atoms with E-state index in [2.05, 4.69) is 11.9 Å². The van der Waals surface area contributed by atoms with E-state index < -0.39 is 27.5 Å². The summed E-state index contributed by atoms with van der Waals surface area (Å²) in [4.78, 5) is 24.8. The number of hydrogen-bond acceptors (Lipinski definition) is 6. The standard InChI is InChI=1S/C20H23NO5S2/c1-5-9-28(24,25)12-17(22)21-19-18(20(23)26-6-2)16(11-27-19)15-8-7-13(3)14(4)10-15/h5,7-8,10-11H,1,6,9,12H2,2-4H3,(H,21,22). The molecule has 0 bridgehead atoms. The van der Waals surface area contributed by atoms with Crippen molar-refractivity contribution in [2.24, 2.45) is 0 Å². The van der Waals surface area contributed by atoms with Gasteiger partial charge in [0.25, 0.3) is 0 Å². The Labute approximate surface area is 169 Å². The summed E-state index contributed by atoms with van der Waals surface area (Å²) in [6, 6.07) is 5.81. The van der Waals surface area contributed by atoms with Crippen LogP contribution in [0.1, 0.15) is 28.4 Å². The second-order valence-electron chi connectivity index (χ2n) is 6.26. The first-order valence-corrected chi connectivity index (χ1v) is 11.4. The number of carbonyl (C=O) groups is 2.